The van der Waals surface area contributed by atoms with Gasteiger partial charge in [0, 0.05) is 6.54 Å². The molecule has 0 saturated carbocycles. The first-order valence-electron chi connectivity index (χ1n) is 4.49. The lowest BCUT2D eigenvalue weighted by molar-refractivity contribution is 0.983. The molecule has 0 saturated heterocycles. The van der Waals surface area contributed by atoms with Crippen molar-refractivity contribution in [2.24, 2.45) is 0 Å². The lowest BCUT2D eigenvalue weighted by atomic mass is 10.3. The quantitative estimate of drug-likeness (QED) is 0.643. The van der Waals surface area contributed by atoms with Crippen molar-refractivity contribution in [2.75, 3.05) is 35.3 Å². The summed E-state index contributed by atoms with van der Waals surface area (Å²) in [5.41, 5.74) is 11.6. The number of nitrogens with zero attached hydrogens (tertiary/aromatic N) is 1. The minimum Gasteiger partial charge on any atom is -0.396 e. The van der Waals surface area contributed by atoms with Gasteiger partial charge in [-0.2, -0.15) is 11.8 Å². The van der Waals surface area contributed by atoms with Crippen molar-refractivity contribution in [3.05, 3.63) is 12.1 Å². The maximum Gasteiger partial charge on any atom is 0.149 e. The first-order chi connectivity index (χ1) is 6.74. The number of rotatable bonds is 5. The largest absolute Gasteiger partial charge is 0.396 e. The zero-order chi connectivity index (χ0) is 10.4. The molecule has 0 atom stereocenters. The van der Waals surface area contributed by atoms with Crippen LogP contribution < -0.4 is 16.8 Å². The van der Waals surface area contributed by atoms with Crippen LogP contribution in [0.25, 0.3) is 0 Å². The van der Waals surface area contributed by atoms with Crippen LogP contribution in [0.3, 0.4) is 0 Å². The number of thioether (sulfide) groups is 1. The van der Waals surface area contributed by atoms with Gasteiger partial charge in [0.05, 0.1) is 5.69 Å². The van der Waals surface area contributed by atoms with Gasteiger partial charge in [0.15, 0.2) is 0 Å². The molecule has 1 rings (SSSR count). The van der Waals surface area contributed by atoms with Crippen molar-refractivity contribution >= 4 is 29.1 Å². The molecule has 5 heteroatoms. The minimum absolute atomic E-state index is 0.389. The number of aromatic nitrogens is 1. The summed E-state index contributed by atoms with van der Waals surface area (Å²) in [5, 5.41) is 3.19. The van der Waals surface area contributed by atoms with E-state index in [4.69, 9.17) is 11.5 Å². The molecule has 0 bridgehead atoms. The molecule has 5 N–H and O–H groups in total. The highest BCUT2D eigenvalue weighted by molar-refractivity contribution is 7.98. The number of hydrogen-bond acceptors (Lipinski definition) is 5. The second-order valence-electron chi connectivity index (χ2n) is 2.94. The van der Waals surface area contributed by atoms with Crippen molar-refractivity contribution in [1.82, 2.24) is 4.98 Å². The highest BCUT2D eigenvalue weighted by Crippen LogP contribution is 2.14. The fraction of sp³-hybridized carbons (Fsp3) is 0.444. The first-order valence-corrected chi connectivity index (χ1v) is 5.88. The SMILES string of the molecule is CSCCCNc1ccc(N)c(N)n1. The molecule has 0 aliphatic heterocycles. The van der Waals surface area contributed by atoms with Gasteiger partial charge < -0.3 is 16.8 Å². The minimum atomic E-state index is 0.389. The molecule has 0 unspecified atom stereocenters. The monoisotopic (exact) mass is 212 g/mol. The standard InChI is InChI=1S/C9H16N4S/c1-14-6-2-5-12-8-4-3-7(10)9(11)13-8/h3-4H,2,5-6,10H2,1H3,(H3,11,12,13). The molecule has 0 fully saturated rings. The van der Waals surface area contributed by atoms with E-state index in [1.807, 2.05) is 17.8 Å². The van der Waals surface area contributed by atoms with E-state index in [1.165, 1.54) is 0 Å². The average Bonchev–Trinajstić information content (AvgIpc) is 2.18. The highest BCUT2D eigenvalue weighted by atomic mass is 32.2. The van der Waals surface area contributed by atoms with Gasteiger partial charge in [0.1, 0.15) is 11.6 Å². The Hall–Kier alpha value is -1.10. The van der Waals surface area contributed by atoms with E-state index in [-0.39, 0.29) is 0 Å². The summed E-state index contributed by atoms with van der Waals surface area (Å²) >= 11 is 1.84. The van der Waals surface area contributed by atoms with Gasteiger partial charge in [-0.3, -0.25) is 0 Å². The lowest BCUT2D eigenvalue weighted by Gasteiger charge is -2.06. The molecule has 78 valence electrons. The highest BCUT2D eigenvalue weighted by Gasteiger charge is 1.97. The molecule has 14 heavy (non-hydrogen) atoms. The number of nitrogens with one attached hydrogen (secondary N) is 1. The molecular weight excluding hydrogens is 196 g/mol. The van der Waals surface area contributed by atoms with Crippen molar-refractivity contribution in [3.63, 3.8) is 0 Å². The number of anilines is 3. The molecule has 1 aromatic heterocycles. The van der Waals surface area contributed by atoms with Gasteiger partial charge in [0.25, 0.3) is 0 Å². The Bertz CT molecular complexity index is 290. The third kappa shape index (κ3) is 3.33. The van der Waals surface area contributed by atoms with Crippen molar-refractivity contribution in [2.45, 2.75) is 6.42 Å². The molecule has 0 aliphatic carbocycles. The predicted molar refractivity (Wildman–Crippen MR) is 64.6 cm³/mol. The van der Waals surface area contributed by atoms with Crippen LogP contribution in [0.5, 0.6) is 0 Å². The van der Waals surface area contributed by atoms with Gasteiger partial charge in [-0.1, -0.05) is 0 Å². The average molecular weight is 212 g/mol. The number of pyridine rings is 1. The van der Waals surface area contributed by atoms with Crippen LogP contribution in [0.1, 0.15) is 6.42 Å². The second kappa shape index (κ2) is 5.59. The third-order valence-corrected chi connectivity index (χ3v) is 2.49. The zero-order valence-corrected chi connectivity index (χ0v) is 9.10. The topological polar surface area (TPSA) is 77.0 Å². The van der Waals surface area contributed by atoms with Gasteiger partial charge >= 0.3 is 0 Å². The molecule has 1 aromatic rings. The van der Waals surface area contributed by atoms with Crippen LogP contribution in [0, 0.1) is 0 Å². The molecule has 4 nitrogen and oxygen atoms in total. The zero-order valence-electron chi connectivity index (χ0n) is 8.29. The first kappa shape index (κ1) is 11.0. The Morgan fingerprint density at radius 1 is 1.43 bits per heavy atom. The molecular formula is C9H16N4S. The fourth-order valence-electron chi connectivity index (χ4n) is 1.02. The molecule has 0 spiro atoms. The van der Waals surface area contributed by atoms with Crippen LogP contribution in [0.15, 0.2) is 12.1 Å². The van der Waals surface area contributed by atoms with E-state index >= 15 is 0 Å². The summed E-state index contributed by atoms with van der Waals surface area (Å²) in [7, 11) is 0. The Labute approximate surface area is 88.5 Å². The third-order valence-electron chi connectivity index (χ3n) is 1.79. The fourth-order valence-corrected chi connectivity index (χ4v) is 1.45. The van der Waals surface area contributed by atoms with Crippen LogP contribution in [-0.4, -0.2) is 23.5 Å². The van der Waals surface area contributed by atoms with Crippen molar-refractivity contribution in [3.8, 4) is 0 Å². The Balaban J connectivity index is 2.39. The second-order valence-corrected chi connectivity index (χ2v) is 3.93. The Morgan fingerprint density at radius 3 is 2.86 bits per heavy atom. The summed E-state index contributed by atoms with van der Waals surface area (Å²) < 4.78 is 0. The van der Waals surface area contributed by atoms with Gasteiger partial charge in [-0.05, 0) is 30.6 Å². The van der Waals surface area contributed by atoms with Crippen LogP contribution >= 0.6 is 11.8 Å². The van der Waals surface area contributed by atoms with Crippen LogP contribution in [-0.2, 0) is 0 Å². The van der Waals surface area contributed by atoms with Crippen molar-refractivity contribution < 1.29 is 0 Å². The summed E-state index contributed by atoms with van der Waals surface area (Å²) in [6.45, 7) is 0.914. The maximum absolute atomic E-state index is 5.57. The predicted octanol–water partition coefficient (Wildman–Crippen LogP) is 1.41. The molecule has 0 aromatic carbocycles. The van der Waals surface area contributed by atoms with E-state index in [0.717, 1.165) is 24.5 Å². The number of nitrogen functional groups attached to an aromatic ring is 2. The molecule has 0 radical (unpaired) electrons. The lowest BCUT2D eigenvalue weighted by Crippen LogP contribution is -2.06. The molecule has 0 aliphatic rings. The normalized spacial score (nSPS) is 10.1. The summed E-state index contributed by atoms with van der Waals surface area (Å²) in [4.78, 5) is 4.11. The van der Waals surface area contributed by atoms with Crippen LogP contribution in [0.2, 0.25) is 0 Å². The summed E-state index contributed by atoms with van der Waals surface area (Å²) in [6.07, 6.45) is 3.21. The Morgan fingerprint density at radius 2 is 2.21 bits per heavy atom. The van der Waals surface area contributed by atoms with E-state index in [0.29, 0.717) is 11.5 Å². The van der Waals surface area contributed by atoms with Crippen molar-refractivity contribution in [1.29, 1.82) is 0 Å². The van der Waals surface area contributed by atoms with E-state index < -0.39 is 0 Å². The number of nitrogens with two attached hydrogens (primary N) is 2. The smallest absolute Gasteiger partial charge is 0.149 e. The van der Waals surface area contributed by atoms with E-state index in [9.17, 15) is 0 Å². The van der Waals surface area contributed by atoms with Gasteiger partial charge in [-0.25, -0.2) is 4.98 Å². The number of hydrogen-bond donors (Lipinski definition) is 3. The van der Waals surface area contributed by atoms with Gasteiger partial charge in [0.2, 0.25) is 0 Å². The Kier molecular flexibility index (Phi) is 4.39. The molecule has 1 heterocycles. The summed E-state index contributed by atoms with van der Waals surface area (Å²) in [5.74, 6) is 2.33. The maximum atomic E-state index is 5.57. The van der Waals surface area contributed by atoms with Gasteiger partial charge in [-0.15, -0.1) is 0 Å². The van der Waals surface area contributed by atoms with E-state index in [2.05, 4.69) is 16.6 Å². The summed E-state index contributed by atoms with van der Waals surface area (Å²) in [6, 6.07) is 3.60. The van der Waals surface area contributed by atoms with E-state index in [1.54, 1.807) is 6.07 Å². The molecule has 0 amide bonds. The van der Waals surface area contributed by atoms with Crippen LogP contribution in [0.4, 0.5) is 17.3 Å².